The van der Waals surface area contributed by atoms with Crippen LogP contribution in [-0.4, -0.2) is 11.0 Å². The average molecular weight is 178 g/mol. The SMILES string of the molecule is CCC(N)CCCc1ccncc1. The molecule has 2 heteroatoms. The van der Waals surface area contributed by atoms with Crippen LogP contribution in [0.5, 0.6) is 0 Å². The summed E-state index contributed by atoms with van der Waals surface area (Å²) in [7, 11) is 0. The Kier molecular flexibility index (Phi) is 4.47. The van der Waals surface area contributed by atoms with E-state index in [-0.39, 0.29) is 0 Å². The molecule has 1 atom stereocenters. The highest BCUT2D eigenvalue weighted by Crippen LogP contribution is 2.05. The highest BCUT2D eigenvalue weighted by Gasteiger charge is 1.98. The fraction of sp³-hybridized carbons (Fsp3) is 0.545. The maximum absolute atomic E-state index is 5.82. The minimum atomic E-state index is 0.377. The summed E-state index contributed by atoms with van der Waals surface area (Å²) in [6.07, 6.45) is 8.19. The minimum absolute atomic E-state index is 0.377. The first-order valence-corrected chi connectivity index (χ1v) is 4.97. The van der Waals surface area contributed by atoms with Crippen molar-refractivity contribution < 1.29 is 0 Å². The summed E-state index contributed by atoms with van der Waals surface area (Å²) in [5, 5.41) is 0. The first-order valence-electron chi connectivity index (χ1n) is 4.97. The summed E-state index contributed by atoms with van der Waals surface area (Å²) in [5.74, 6) is 0. The lowest BCUT2D eigenvalue weighted by atomic mass is 10.0. The van der Waals surface area contributed by atoms with Gasteiger partial charge < -0.3 is 5.73 Å². The summed E-state index contributed by atoms with van der Waals surface area (Å²) >= 11 is 0. The molecule has 1 unspecified atom stereocenters. The molecule has 1 aromatic heterocycles. The maximum atomic E-state index is 5.82. The predicted molar refractivity (Wildman–Crippen MR) is 55.4 cm³/mol. The summed E-state index contributed by atoms with van der Waals surface area (Å²) in [4.78, 5) is 3.98. The Labute approximate surface area is 80.2 Å². The molecule has 1 aromatic rings. The van der Waals surface area contributed by atoms with E-state index in [4.69, 9.17) is 5.73 Å². The zero-order valence-corrected chi connectivity index (χ0v) is 8.24. The van der Waals surface area contributed by atoms with Gasteiger partial charge in [0, 0.05) is 18.4 Å². The lowest BCUT2D eigenvalue weighted by molar-refractivity contribution is 0.568. The van der Waals surface area contributed by atoms with E-state index in [0.29, 0.717) is 6.04 Å². The molecule has 0 aliphatic carbocycles. The van der Waals surface area contributed by atoms with Gasteiger partial charge in [0.05, 0.1) is 0 Å². The number of nitrogens with two attached hydrogens (primary N) is 1. The van der Waals surface area contributed by atoms with Gasteiger partial charge in [0.1, 0.15) is 0 Å². The van der Waals surface area contributed by atoms with Gasteiger partial charge >= 0.3 is 0 Å². The van der Waals surface area contributed by atoms with E-state index >= 15 is 0 Å². The fourth-order valence-corrected chi connectivity index (χ4v) is 1.32. The van der Waals surface area contributed by atoms with Crippen molar-refractivity contribution in [3.8, 4) is 0 Å². The Morgan fingerprint density at radius 1 is 1.38 bits per heavy atom. The molecule has 0 aromatic carbocycles. The molecule has 0 aliphatic rings. The molecule has 2 N–H and O–H groups in total. The van der Waals surface area contributed by atoms with Crippen molar-refractivity contribution >= 4 is 0 Å². The third-order valence-corrected chi connectivity index (χ3v) is 2.31. The van der Waals surface area contributed by atoms with Crippen LogP contribution in [-0.2, 0) is 6.42 Å². The van der Waals surface area contributed by atoms with Gasteiger partial charge in [0.2, 0.25) is 0 Å². The molecule has 0 saturated heterocycles. The largest absolute Gasteiger partial charge is 0.328 e. The molecule has 0 saturated carbocycles. The Bertz CT molecular complexity index is 221. The zero-order chi connectivity index (χ0) is 9.52. The van der Waals surface area contributed by atoms with E-state index in [0.717, 1.165) is 19.3 Å². The first-order chi connectivity index (χ1) is 6.33. The number of aryl methyl sites for hydroxylation is 1. The summed E-state index contributed by atoms with van der Waals surface area (Å²) in [6.45, 7) is 2.14. The third kappa shape index (κ3) is 4.04. The van der Waals surface area contributed by atoms with E-state index in [1.807, 2.05) is 12.4 Å². The molecule has 0 bridgehead atoms. The second-order valence-corrected chi connectivity index (χ2v) is 3.42. The smallest absolute Gasteiger partial charge is 0.0270 e. The monoisotopic (exact) mass is 178 g/mol. The van der Waals surface area contributed by atoms with Crippen LogP contribution in [0.15, 0.2) is 24.5 Å². The predicted octanol–water partition coefficient (Wildman–Crippen LogP) is 2.14. The first kappa shape index (κ1) is 10.2. The van der Waals surface area contributed by atoms with Crippen LogP contribution in [0.4, 0.5) is 0 Å². The van der Waals surface area contributed by atoms with Crippen LogP contribution in [0, 0.1) is 0 Å². The normalized spacial score (nSPS) is 12.8. The quantitative estimate of drug-likeness (QED) is 0.750. The molecule has 0 radical (unpaired) electrons. The molecule has 72 valence electrons. The highest BCUT2D eigenvalue weighted by molar-refractivity contribution is 5.09. The standard InChI is InChI=1S/C11H18N2/c1-2-11(12)5-3-4-10-6-8-13-9-7-10/h6-9,11H,2-5,12H2,1H3. The Morgan fingerprint density at radius 2 is 2.08 bits per heavy atom. The van der Waals surface area contributed by atoms with Crippen molar-refractivity contribution in [1.29, 1.82) is 0 Å². The third-order valence-electron chi connectivity index (χ3n) is 2.31. The number of hydrogen-bond acceptors (Lipinski definition) is 2. The number of rotatable bonds is 5. The average Bonchev–Trinajstić information content (AvgIpc) is 2.19. The van der Waals surface area contributed by atoms with Gasteiger partial charge in [-0.15, -0.1) is 0 Å². The van der Waals surface area contributed by atoms with E-state index in [1.54, 1.807) is 0 Å². The molecule has 0 spiro atoms. The minimum Gasteiger partial charge on any atom is -0.328 e. The summed E-state index contributed by atoms with van der Waals surface area (Å²) in [6, 6.07) is 4.51. The van der Waals surface area contributed by atoms with Gasteiger partial charge in [-0.25, -0.2) is 0 Å². The Hall–Kier alpha value is -0.890. The second kappa shape index (κ2) is 5.70. The lowest BCUT2D eigenvalue weighted by Crippen LogP contribution is -2.18. The maximum Gasteiger partial charge on any atom is 0.0270 e. The number of aromatic nitrogens is 1. The van der Waals surface area contributed by atoms with Gasteiger partial charge in [-0.3, -0.25) is 4.98 Å². The lowest BCUT2D eigenvalue weighted by Gasteiger charge is -2.07. The molecule has 1 rings (SSSR count). The molecule has 0 aliphatic heterocycles. The van der Waals surface area contributed by atoms with Crippen molar-refractivity contribution in [2.24, 2.45) is 5.73 Å². The molecule has 0 fully saturated rings. The van der Waals surface area contributed by atoms with Crippen LogP contribution >= 0.6 is 0 Å². The van der Waals surface area contributed by atoms with Gasteiger partial charge in [0.15, 0.2) is 0 Å². The fourth-order valence-electron chi connectivity index (χ4n) is 1.32. The molecular weight excluding hydrogens is 160 g/mol. The Morgan fingerprint density at radius 3 is 2.69 bits per heavy atom. The summed E-state index contributed by atoms with van der Waals surface area (Å²) < 4.78 is 0. The summed E-state index contributed by atoms with van der Waals surface area (Å²) in [5.41, 5.74) is 7.18. The van der Waals surface area contributed by atoms with Crippen molar-refractivity contribution in [2.75, 3.05) is 0 Å². The number of pyridine rings is 1. The molecule has 13 heavy (non-hydrogen) atoms. The van der Waals surface area contributed by atoms with Crippen LogP contribution in [0.1, 0.15) is 31.7 Å². The van der Waals surface area contributed by atoms with Crippen LogP contribution in [0.2, 0.25) is 0 Å². The topological polar surface area (TPSA) is 38.9 Å². The van der Waals surface area contributed by atoms with Crippen molar-refractivity contribution in [3.63, 3.8) is 0 Å². The van der Waals surface area contributed by atoms with Crippen LogP contribution in [0.25, 0.3) is 0 Å². The number of nitrogens with zero attached hydrogens (tertiary/aromatic N) is 1. The second-order valence-electron chi connectivity index (χ2n) is 3.42. The molecule has 0 amide bonds. The van der Waals surface area contributed by atoms with E-state index in [1.165, 1.54) is 12.0 Å². The van der Waals surface area contributed by atoms with E-state index in [2.05, 4.69) is 24.0 Å². The molecular formula is C11H18N2. The van der Waals surface area contributed by atoms with Crippen LogP contribution in [0.3, 0.4) is 0 Å². The van der Waals surface area contributed by atoms with E-state index < -0.39 is 0 Å². The van der Waals surface area contributed by atoms with Crippen molar-refractivity contribution in [2.45, 2.75) is 38.6 Å². The zero-order valence-electron chi connectivity index (χ0n) is 8.24. The van der Waals surface area contributed by atoms with Gasteiger partial charge in [-0.05, 0) is 43.4 Å². The molecule has 1 heterocycles. The molecule has 2 nitrogen and oxygen atoms in total. The van der Waals surface area contributed by atoms with Gasteiger partial charge in [0.25, 0.3) is 0 Å². The van der Waals surface area contributed by atoms with Crippen LogP contribution < -0.4 is 5.73 Å². The number of hydrogen-bond donors (Lipinski definition) is 1. The van der Waals surface area contributed by atoms with Gasteiger partial charge in [-0.1, -0.05) is 6.92 Å². The van der Waals surface area contributed by atoms with E-state index in [9.17, 15) is 0 Å². The van der Waals surface area contributed by atoms with Gasteiger partial charge in [-0.2, -0.15) is 0 Å². The highest BCUT2D eigenvalue weighted by atomic mass is 14.6. The van der Waals surface area contributed by atoms with Crippen molar-refractivity contribution in [3.05, 3.63) is 30.1 Å². The van der Waals surface area contributed by atoms with Crippen molar-refractivity contribution in [1.82, 2.24) is 4.98 Å². The Balaban J connectivity index is 2.20.